The molecule has 0 bridgehead atoms. The summed E-state index contributed by atoms with van der Waals surface area (Å²) in [5, 5.41) is 9.53. The van der Waals surface area contributed by atoms with E-state index in [9.17, 15) is 23.1 Å². The molecule has 0 atom stereocenters. The number of rotatable bonds is 2. The number of hydrogen-bond donors (Lipinski definition) is 1. The van der Waals surface area contributed by atoms with Crippen LogP contribution in [-0.2, 0) is 4.79 Å². The van der Waals surface area contributed by atoms with Crippen molar-refractivity contribution in [1.29, 1.82) is 0 Å². The van der Waals surface area contributed by atoms with Crippen molar-refractivity contribution in [2.24, 2.45) is 0 Å². The SMILES string of the molecule is CCCC1(O)CN(C(=O)C(F)(F)F)C1. The summed E-state index contributed by atoms with van der Waals surface area (Å²) < 4.78 is 35.7. The minimum Gasteiger partial charge on any atom is -0.386 e. The van der Waals surface area contributed by atoms with Gasteiger partial charge in [0.15, 0.2) is 0 Å². The Morgan fingerprint density at radius 2 is 2.00 bits per heavy atom. The van der Waals surface area contributed by atoms with Gasteiger partial charge in [-0.15, -0.1) is 0 Å². The molecule has 1 aliphatic rings. The molecule has 0 spiro atoms. The van der Waals surface area contributed by atoms with Crippen LogP contribution in [0.2, 0.25) is 0 Å². The van der Waals surface area contributed by atoms with Crippen molar-refractivity contribution in [2.75, 3.05) is 13.1 Å². The molecule has 14 heavy (non-hydrogen) atoms. The molecule has 0 aromatic carbocycles. The van der Waals surface area contributed by atoms with Gasteiger partial charge in [-0.3, -0.25) is 4.79 Å². The number of likely N-dealkylation sites (tertiary alicyclic amines) is 1. The summed E-state index contributed by atoms with van der Waals surface area (Å²) in [4.78, 5) is 11.2. The Morgan fingerprint density at radius 3 is 2.36 bits per heavy atom. The fraction of sp³-hybridized carbons (Fsp3) is 0.875. The van der Waals surface area contributed by atoms with E-state index < -0.39 is 17.7 Å². The summed E-state index contributed by atoms with van der Waals surface area (Å²) in [5.74, 6) is -1.86. The number of halogens is 3. The minimum atomic E-state index is -4.83. The number of β-amino-alcohol motifs (C(OH)–C–C–N with tert-alkyl or cyclic N) is 1. The molecule has 0 aliphatic carbocycles. The zero-order valence-electron chi connectivity index (χ0n) is 7.76. The van der Waals surface area contributed by atoms with Crippen molar-refractivity contribution in [3.8, 4) is 0 Å². The number of carbonyl (C=O) groups excluding carboxylic acids is 1. The lowest BCUT2D eigenvalue weighted by Crippen LogP contribution is -2.65. The third kappa shape index (κ3) is 2.17. The van der Waals surface area contributed by atoms with Gasteiger partial charge in [0.25, 0.3) is 0 Å². The van der Waals surface area contributed by atoms with Gasteiger partial charge in [0, 0.05) is 0 Å². The van der Waals surface area contributed by atoms with Crippen molar-refractivity contribution < 1.29 is 23.1 Å². The highest BCUT2D eigenvalue weighted by Gasteiger charge is 2.51. The average molecular weight is 211 g/mol. The van der Waals surface area contributed by atoms with E-state index in [2.05, 4.69) is 0 Å². The van der Waals surface area contributed by atoms with E-state index in [1.54, 1.807) is 0 Å². The van der Waals surface area contributed by atoms with E-state index in [0.29, 0.717) is 17.7 Å². The predicted molar refractivity (Wildman–Crippen MR) is 42.5 cm³/mol. The summed E-state index contributed by atoms with van der Waals surface area (Å²) in [7, 11) is 0. The number of hydrogen-bond acceptors (Lipinski definition) is 2. The fourth-order valence-electron chi connectivity index (χ4n) is 1.61. The molecule has 1 N–H and O–H groups in total. The fourth-order valence-corrected chi connectivity index (χ4v) is 1.61. The van der Waals surface area contributed by atoms with Crippen LogP contribution in [0.15, 0.2) is 0 Å². The molecular weight excluding hydrogens is 199 g/mol. The first kappa shape index (κ1) is 11.3. The molecule has 1 aliphatic heterocycles. The first-order valence-corrected chi connectivity index (χ1v) is 4.37. The van der Waals surface area contributed by atoms with Crippen LogP contribution in [0.1, 0.15) is 19.8 Å². The average Bonchev–Trinajstić information content (AvgIpc) is 1.97. The van der Waals surface area contributed by atoms with Crippen molar-refractivity contribution in [3.63, 3.8) is 0 Å². The van der Waals surface area contributed by atoms with E-state index >= 15 is 0 Å². The molecule has 6 heteroatoms. The van der Waals surface area contributed by atoms with Crippen LogP contribution in [0, 0.1) is 0 Å². The Bertz CT molecular complexity index is 233. The Labute approximate surface area is 79.5 Å². The van der Waals surface area contributed by atoms with E-state index in [1.807, 2.05) is 6.92 Å². The van der Waals surface area contributed by atoms with Gasteiger partial charge in [0.1, 0.15) is 0 Å². The Morgan fingerprint density at radius 1 is 1.50 bits per heavy atom. The number of nitrogens with zero attached hydrogens (tertiary/aromatic N) is 1. The highest BCUT2D eigenvalue weighted by atomic mass is 19.4. The molecule has 82 valence electrons. The van der Waals surface area contributed by atoms with Crippen molar-refractivity contribution in [1.82, 2.24) is 4.90 Å². The zero-order chi connectivity index (χ0) is 11.0. The quantitative estimate of drug-likeness (QED) is 0.737. The smallest absolute Gasteiger partial charge is 0.386 e. The molecule has 1 rings (SSSR count). The highest BCUT2D eigenvalue weighted by molar-refractivity contribution is 5.82. The zero-order valence-corrected chi connectivity index (χ0v) is 7.76. The molecule has 3 nitrogen and oxygen atoms in total. The summed E-state index contributed by atoms with van der Waals surface area (Å²) in [6.45, 7) is 1.41. The lowest BCUT2D eigenvalue weighted by Gasteiger charge is -2.46. The topological polar surface area (TPSA) is 40.5 Å². The second kappa shape index (κ2) is 3.42. The molecule has 1 fully saturated rings. The monoisotopic (exact) mass is 211 g/mol. The maximum Gasteiger partial charge on any atom is 0.471 e. The van der Waals surface area contributed by atoms with Gasteiger partial charge in [-0.1, -0.05) is 13.3 Å². The molecule has 0 unspecified atom stereocenters. The molecule has 1 amide bonds. The lowest BCUT2D eigenvalue weighted by atomic mass is 9.89. The predicted octanol–water partition coefficient (Wildman–Crippen LogP) is 0.922. The Hall–Kier alpha value is -0.780. The van der Waals surface area contributed by atoms with E-state index in [-0.39, 0.29) is 13.1 Å². The lowest BCUT2D eigenvalue weighted by molar-refractivity contribution is -0.203. The number of aliphatic hydroxyl groups is 1. The third-order valence-corrected chi connectivity index (χ3v) is 2.22. The van der Waals surface area contributed by atoms with E-state index in [1.165, 1.54) is 0 Å². The first-order chi connectivity index (χ1) is 6.28. The van der Waals surface area contributed by atoms with Gasteiger partial charge in [-0.25, -0.2) is 0 Å². The van der Waals surface area contributed by atoms with Gasteiger partial charge in [0.05, 0.1) is 18.7 Å². The first-order valence-electron chi connectivity index (χ1n) is 4.37. The van der Waals surface area contributed by atoms with Gasteiger partial charge >= 0.3 is 12.1 Å². The van der Waals surface area contributed by atoms with Crippen LogP contribution >= 0.6 is 0 Å². The molecule has 0 radical (unpaired) electrons. The molecule has 1 saturated heterocycles. The molecule has 0 saturated carbocycles. The normalized spacial score (nSPS) is 20.5. The van der Waals surface area contributed by atoms with Gasteiger partial charge in [0.2, 0.25) is 0 Å². The number of alkyl halides is 3. The summed E-state index contributed by atoms with van der Waals surface area (Å²) in [6, 6.07) is 0. The van der Waals surface area contributed by atoms with E-state index in [4.69, 9.17) is 0 Å². The Balaban J connectivity index is 2.45. The van der Waals surface area contributed by atoms with E-state index in [0.717, 1.165) is 0 Å². The standard InChI is InChI=1S/C8H12F3NO2/c1-2-3-7(14)4-12(5-7)6(13)8(9,10)11/h14H,2-5H2,1H3. The maximum atomic E-state index is 11.9. The van der Waals surface area contributed by atoms with Gasteiger partial charge in [-0.2, -0.15) is 13.2 Å². The van der Waals surface area contributed by atoms with Crippen molar-refractivity contribution >= 4 is 5.91 Å². The van der Waals surface area contributed by atoms with Crippen LogP contribution in [-0.4, -0.2) is 40.8 Å². The van der Waals surface area contributed by atoms with Crippen molar-refractivity contribution in [3.05, 3.63) is 0 Å². The highest BCUT2D eigenvalue weighted by Crippen LogP contribution is 2.29. The molecule has 1 heterocycles. The molecular formula is C8H12F3NO2. The van der Waals surface area contributed by atoms with Gasteiger partial charge in [-0.05, 0) is 6.42 Å². The van der Waals surface area contributed by atoms with Crippen LogP contribution in [0.5, 0.6) is 0 Å². The van der Waals surface area contributed by atoms with Crippen LogP contribution in [0.4, 0.5) is 13.2 Å². The molecule has 0 aromatic heterocycles. The minimum absolute atomic E-state index is 0.209. The molecule has 0 aromatic rings. The summed E-state index contributed by atoms with van der Waals surface area (Å²) >= 11 is 0. The Kier molecular flexibility index (Phi) is 2.76. The van der Waals surface area contributed by atoms with Gasteiger partial charge < -0.3 is 10.0 Å². The number of carbonyl (C=O) groups is 1. The second-order valence-electron chi connectivity index (χ2n) is 3.63. The third-order valence-electron chi connectivity index (χ3n) is 2.22. The maximum absolute atomic E-state index is 11.9. The van der Waals surface area contributed by atoms with Crippen LogP contribution in [0.25, 0.3) is 0 Å². The van der Waals surface area contributed by atoms with Crippen molar-refractivity contribution in [2.45, 2.75) is 31.5 Å². The number of amides is 1. The van der Waals surface area contributed by atoms with Crippen LogP contribution < -0.4 is 0 Å². The largest absolute Gasteiger partial charge is 0.471 e. The van der Waals surface area contributed by atoms with Crippen LogP contribution in [0.3, 0.4) is 0 Å². The summed E-state index contributed by atoms with van der Waals surface area (Å²) in [5.41, 5.74) is -1.10. The second-order valence-corrected chi connectivity index (χ2v) is 3.63. The summed E-state index contributed by atoms with van der Waals surface area (Å²) in [6.07, 6.45) is -3.72.